The lowest BCUT2D eigenvalue weighted by atomic mass is 9.67. The van der Waals surface area contributed by atoms with Gasteiger partial charge in [0.25, 0.3) is 0 Å². The van der Waals surface area contributed by atoms with Gasteiger partial charge >= 0.3 is 0 Å². The molecule has 51 heavy (non-hydrogen) atoms. The Morgan fingerprint density at radius 1 is 0.471 bits per heavy atom. The SMILES string of the molecule is c1ccc(C2(c3ccccc3)c3ccccc3-c3cc4c(cc32)c2ccccc2n4-c2ccc3ccccc3c2-c2nc3ccccc3s2)cc1. The van der Waals surface area contributed by atoms with Gasteiger partial charge in [0.15, 0.2) is 0 Å². The van der Waals surface area contributed by atoms with Gasteiger partial charge in [0.2, 0.25) is 0 Å². The third kappa shape index (κ3) is 3.95. The monoisotopic (exact) mass is 666 g/mol. The van der Waals surface area contributed by atoms with Crippen LogP contribution in [0.3, 0.4) is 0 Å². The molecule has 2 aromatic heterocycles. The van der Waals surface area contributed by atoms with Gasteiger partial charge in [0.05, 0.1) is 32.4 Å². The molecule has 0 saturated heterocycles. The van der Waals surface area contributed by atoms with Gasteiger partial charge in [-0.05, 0) is 80.6 Å². The molecule has 0 aliphatic heterocycles. The Morgan fingerprint density at radius 3 is 1.94 bits per heavy atom. The van der Waals surface area contributed by atoms with E-state index in [4.69, 9.17) is 4.98 Å². The van der Waals surface area contributed by atoms with Crippen LogP contribution in [-0.2, 0) is 5.41 Å². The van der Waals surface area contributed by atoms with Gasteiger partial charge in [-0.25, -0.2) is 4.98 Å². The molecule has 0 spiro atoms. The summed E-state index contributed by atoms with van der Waals surface area (Å²) in [5.74, 6) is 0. The van der Waals surface area contributed by atoms with Crippen molar-refractivity contribution >= 4 is 54.1 Å². The van der Waals surface area contributed by atoms with Gasteiger partial charge in [-0.1, -0.05) is 146 Å². The molecule has 1 aliphatic rings. The Labute approximate surface area is 299 Å². The molecule has 0 N–H and O–H groups in total. The van der Waals surface area contributed by atoms with Crippen molar-refractivity contribution in [2.24, 2.45) is 0 Å². The molecule has 0 saturated carbocycles. The largest absolute Gasteiger partial charge is 0.308 e. The molecule has 0 bridgehead atoms. The first-order valence-electron chi connectivity index (χ1n) is 17.5. The van der Waals surface area contributed by atoms with Crippen LogP contribution in [0.5, 0.6) is 0 Å². The minimum atomic E-state index is -0.457. The van der Waals surface area contributed by atoms with Gasteiger partial charge in [0.1, 0.15) is 5.01 Å². The average molecular weight is 667 g/mol. The molecule has 0 fully saturated rings. The molecule has 0 unspecified atom stereocenters. The predicted octanol–water partition coefficient (Wildman–Crippen LogP) is 12.6. The molecule has 0 atom stereocenters. The summed E-state index contributed by atoms with van der Waals surface area (Å²) in [4.78, 5) is 5.24. The number of para-hydroxylation sites is 2. The van der Waals surface area contributed by atoms with Crippen LogP contribution < -0.4 is 0 Å². The van der Waals surface area contributed by atoms with Gasteiger partial charge in [-0.3, -0.25) is 0 Å². The predicted molar refractivity (Wildman–Crippen MR) is 214 cm³/mol. The van der Waals surface area contributed by atoms with Gasteiger partial charge in [-0.2, -0.15) is 0 Å². The fourth-order valence-electron chi connectivity index (χ4n) is 8.81. The van der Waals surface area contributed by atoms with Gasteiger partial charge < -0.3 is 4.57 Å². The molecule has 11 rings (SSSR count). The van der Waals surface area contributed by atoms with Crippen molar-refractivity contribution in [1.82, 2.24) is 9.55 Å². The first kappa shape index (κ1) is 28.5. The van der Waals surface area contributed by atoms with Crippen LogP contribution in [0.1, 0.15) is 22.3 Å². The normalized spacial score (nSPS) is 13.3. The Bertz CT molecular complexity index is 2900. The van der Waals surface area contributed by atoms with E-state index in [9.17, 15) is 0 Å². The molecule has 2 heterocycles. The summed E-state index contributed by atoms with van der Waals surface area (Å²) in [5.41, 5.74) is 13.0. The Balaban J connectivity index is 1.29. The highest BCUT2D eigenvalue weighted by Gasteiger charge is 2.46. The van der Waals surface area contributed by atoms with Crippen molar-refractivity contribution < 1.29 is 0 Å². The number of thiazole rings is 1. The summed E-state index contributed by atoms with van der Waals surface area (Å²) in [6, 6.07) is 66.8. The van der Waals surface area contributed by atoms with Crippen LogP contribution in [-0.4, -0.2) is 9.55 Å². The standard InChI is InChI=1S/C48H30N2S/c1-3-16-32(17-4-1)48(33-18-5-2-6-19-33)39-23-11-9-21-35(39)37-30-44-38(29-40(37)48)36-22-10-13-25-42(36)50(44)43-28-27-31-15-7-8-20-34(31)46(43)47-49-41-24-12-14-26-45(41)51-47/h1-30H. The Kier molecular flexibility index (Phi) is 6.07. The number of aromatic nitrogens is 2. The maximum absolute atomic E-state index is 5.24. The molecule has 2 nitrogen and oxygen atoms in total. The van der Waals surface area contributed by atoms with E-state index in [-0.39, 0.29) is 0 Å². The fourth-order valence-corrected chi connectivity index (χ4v) is 9.85. The van der Waals surface area contributed by atoms with Gasteiger partial charge in [-0.15, -0.1) is 11.3 Å². The lowest BCUT2D eigenvalue weighted by molar-refractivity contribution is 0.769. The van der Waals surface area contributed by atoms with E-state index in [1.165, 1.54) is 76.2 Å². The van der Waals surface area contributed by atoms with Crippen molar-refractivity contribution in [2.45, 2.75) is 5.41 Å². The van der Waals surface area contributed by atoms with Gasteiger partial charge in [0, 0.05) is 16.3 Å². The summed E-state index contributed by atoms with van der Waals surface area (Å²) in [6.07, 6.45) is 0. The number of rotatable bonds is 4. The van der Waals surface area contributed by atoms with Crippen molar-refractivity contribution in [3.8, 4) is 27.4 Å². The maximum atomic E-state index is 5.24. The Morgan fingerprint density at radius 2 is 1.14 bits per heavy atom. The smallest absolute Gasteiger partial charge is 0.127 e. The van der Waals surface area contributed by atoms with Crippen LogP contribution >= 0.6 is 11.3 Å². The summed E-state index contributed by atoms with van der Waals surface area (Å²) in [7, 11) is 0. The minimum Gasteiger partial charge on any atom is -0.308 e. The molecule has 8 aromatic carbocycles. The zero-order valence-corrected chi connectivity index (χ0v) is 28.4. The Hall–Kier alpha value is -6.29. The van der Waals surface area contributed by atoms with E-state index in [1.54, 1.807) is 11.3 Å². The quantitative estimate of drug-likeness (QED) is 0.183. The lowest BCUT2D eigenvalue weighted by Gasteiger charge is -2.34. The summed E-state index contributed by atoms with van der Waals surface area (Å²) in [5, 5.41) is 5.94. The first-order chi connectivity index (χ1) is 25.3. The third-order valence-electron chi connectivity index (χ3n) is 10.9. The molecule has 1 aliphatic carbocycles. The molecular weight excluding hydrogens is 637 g/mol. The molecule has 0 radical (unpaired) electrons. The number of hydrogen-bond acceptors (Lipinski definition) is 2. The number of hydrogen-bond donors (Lipinski definition) is 0. The van der Waals surface area contributed by atoms with Crippen LogP contribution in [0.4, 0.5) is 0 Å². The summed E-state index contributed by atoms with van der Waals surface area (Å²) in [6.45, 7) is 0. The highest BCUT2D eigenvalue weighted by molar-refractivity contribution is 7.21. The van der Waals surface area contributed by atoms with Crippen molar-refractivity contribution in [3.63, 3.8) is 0 Å². The maximum Gasteiger partial charge on any atom is 0.127 e. The van der Waals surface area contributed by atoms with E-state index in [2.05, 4.69) is 187 Å². The second-order valence-electron chi connectivity index (χ2n) is 13.5. The second kappa shape index (κ2) is 10.9. The van der Waals surface area contributed by atoms with Crippen molar-refractivity contribution in [2.75, 3.05) is 0 Å². The zero-order chi connectivity index (χ0) is 33.5. The molecule has 3 heteroatoms. The topological polar surface area (TPSA) is 17.8 Å². The molecule has 10 aromatic rings. The minimum absolute atomic E-state index is 0.457. The highest BCUT2D eigenvalue weighted by atomic mass is 32.1. The third-order valence-corrected chi connectivity index (χ3v) is 12.0. The van der Waals surface area contributed by atoms with Crippen LogP contribution in [0.15, 0.2) is 182 Å². The van der Waals surface area contributed by atoms with E-state index < -0.39 is 5.41 Å². The summed E-state index contributed by atoms with van der Waals surface area (Å²) >= 11 is 1.77. The first-order valence-corrected chi connectivity index (χ1v) is 18.3. The second-order valence-corrected chi connectivity index (χ2v) is 14.5. The van der Waals surface area contributed by atoms with Crippen LogP contribution in [0.2, 0.25) is 0 Å². The van der Waals surface area contributed by atoms with E-state index in [1.807, 2.05) is 0 Å². The highest BCUT2D eigenvalue weighted by Crippen LogP contribution is 2.57. The van der Waals surface area contributed by atoms with E-state index in [0.29, 0.717) is 0 Å². The fraction of sp³-hybridized carbons (Fsp3) is 0.0208. The number of fused-ring (bicyclic) bond motifs is 8. The lowest BCUT2D eigenvalue weighted by Crippen LogP contribution is -2.28. The van der Waals surface area contributed by atoms with Crippen molar-refractivity contribution in [3.05, 3.63) is 204 Å². The number of nitrogens with zero attached hydrogens (tertiary/aromatic N) is 2. The van der Waals surface area contributed by atoms with Crippen LogP contribution in [0.25, 0.3) is 70.2 Å². The van der Waals surface area contributed by atoms with E-state index in [0.717, 1.165) is 16.2 Å². The zero-order valence-electron chi connectivity index (χ0n) is 27.6. The molecular formula is C48H30N2S. The molecule has 238 valence electrons. The van der Waals surface area contributed by atoms with E-state index >= 15 is 0 Å². The summed E-state index contributed by atoms with van der Waals surface area (Å²) < 4.78 is 3.69. The molecule has 0 amide bonds. The van der Waals surface area contributed by atoms with Crippen molar-refractivity contribution in [1.29, 1.82) is 0 Å². The average Bonchev–Trinajstić information content (AvgIpc) is 3.86. The van der Waals surface area contributed by atoms with Crippen LogP contribution in [0, 0.1) is 0 Å². The number of benzene rings is 8.